The number of amides is 1. The van der Waals surface area contributed by atoms with Crippen molar-refractivity contribution in [2.24, 2.45) is 23.5 Å². The lowest BCUT2D eigenvalue weighted by Gasteiger charge is -2.42. The maximum absolute atomic E-state index is 13.1. The monoisotopic (exact) mass is 458 g/mol. The number of hydrogen-bond donors (Lipinski definition) is 5. The minimum Gasteiger partial charge on any atom is -0.392 e. The Morgan fingerprint density at radius 1 is 1.12 bits per heavy atom. The van der Waals surface area contributed by atoms with Gasteiger partial charge in [-0.2, -0.15) is 0 Å². The SMILES string of the molecule is CC[C@H]1CCCNC(=O)[C@@H]([C@H](C)O)[C@H](O[C@@H]2O[C@H](C)[C@@H](O)[C@@H](N)[C@H]2O)CC[C@@H](C)CCC1. The molecule has 6 N–H and O–H groups in total. The molecule has 2 fully saturated rings. The number of carbonyl (C=O) groups excluding carboxylic acids is 1. The number of aliphatic hydroxyl groups excluding tert-OH is 3. The number of carbonyl (C=O) groups is 1. The number of aliphatic hydroxyl groups is 3. The molecule has 32 heavy (non-hydrogen) atoms. The van der Waals surface area contributed by atoms with E-state index in [0.29, 0.717) is 24.8 Å². The highest BCUT2D eigenvalue weighted by Gasteiger charge is 2.44. The van der Waals surface area contributed by atoms with Crippen LogP contribution in [0.15, 0.2) is 0 Å². The topological polar surface area (TPSA) is 134 Å². The Kier molecular flexibility index (Phi) is 11.3. The number of ether oxygens (including phenoxy) is 2. The van der Waals surface area contributed by atoms with E-state index in [2.05, 4.69) is 19.2 Å². The molecule has 188 valence electrons. The van der Waals surface area contributed by atoms with E-state index >= 15 is 0 Å². The summed E-state index contributed by atoms with van der Waals surface area (Å²) in [5.74, 6) is 0.114. The summed E-state index contributed by atoms with van der Waals surface area (Å²) in [6.45, 7) is 8.27. The molecule has 0 aliphatic carbocycles. The predicted molar refractivity (Wildman–Crippen MR) is 123 cm³/mol. The first-order valence-electron chi connectivity index (χ1n) is 12.5. The maximum Gasteiger partial charge on any atom is 0.228 e. The summed E-state index contributed by atoms with van der Waals surface area (Å²) in [6, 6.07) is -0.911. The molecule has 2 aliphatic heterocycles. The molecule has 0 aromatic carbocycles. The normalized spacial score (nSPS) is 42.0. The van der Waals surface area contributed by atoms with Crippen molar-refractivity contribution in [1.29, 1.82) is 0 Å². The van der Waals surface area contributed by atoms with E-state index < -0.39 is 48.8 Å². The molecule has 0 saturated carbocycles. The first-order chi connectivity index (χ1) is 15.1. The van der Waals surface area contributed by atoms with Gasteiger partial charge in [-0.1, -0.05) is 39.5 Å². The summed E-state index contributed by atoms with van der Waals surface area (Å²) in [7, 11) is 0. The molecule has 1 amide bonds. The molecular weight excluding hydrogens is 412 g/mol. The van der Waals surface area contributed by atoms with Crippen LogP contribution in [-0.4, -0.2) is 70.6 Å². The zero-order valence-corrected chi connectivity index (χ0v) is 20.3. The van der Waals surface area contributed by atoms with Gasteiger partial charge in [0.2, 0.25) is 5.91 Å². The molecular formula is C24H46N2O6. The lowest BCUT2D eigenvalue weighted by atomic mass is 9.86. The van der Waals surface area contributed by atoms with Crippen LogP contribution in [-0.2, 0) is 14.3 Å². The van der Waals surface area contributed by atoms with Crippen LogP contribution in [0, 0.1) is 17.8 Å². The minimum atomic E-state index is -1.23. The van der Waals surface area contributed by atoms with Gasteiger partial charge in [0.25, 0.3) is 0 Å². The fourth-order valence-corrected chi connectivity index (χ4v) is 5.01. The molecule has 2 saturated heterocycles. The van der Waals surface area contributed by atoms with Crippen LogP contribution in [0.5, 0.6) is 0 Å². The van der Waals surface area contributed by atoms with Crippen LogP contribution in [0.25, 0.3) is 0 Å². The molecule has 10 atom stereocenters. The second kappa shape index (κ2) is 13.2. The van der Waals surface area contributed by atoms with E-state index in [1.54, 1.807) is 13.8 Å². The van der Waals surface area contributed by atoms with Crippen molar-refractivity contribution in [2.45, 2.75) is 122 Å². The van der Waals surface area contributed by atoms with Gasteiger partial charge in [-0.25, -0.2) is 0 Å². The third-order valence-electron chi connectivity index (χ3n) is 7.35. The average molecular weight is 459 g/mol. The molecule has 2 rings (SSSR count). The zero-order valence-electron chi connectivity index (χ0n) is 20.3. The molecule has 0 unspecified atom stereocenters. The number of nitrogens with one attached hydrogen (secondary N) is 1. The standard InChI is InChI=1S/C24H46N2O6/c1-5-17-9-6-8-14(2)11-12-18(19(15(3)27)23(30)26-13-7-10-17)32-24-22(29)20(25)21(28)16(4)31-24/h14-22,24,27-29H,5-13,25H2,1-4H3,(H,26,30)/t14-,15-,16+,17+,18+,19-,20+,21+,22+,24-/m0/s1. The summed E-state index contributed by atoms with van der Waals surface area (Å²) < 4.78 is 11.8. The second-order valence-corrected chi connectivity index (χ2v) is 10.0. The Hall–Kier alpha value is -0.770. The Labute approximate surface area is 193 Å². The van der Waals surface area contributed by atoms with Crippen molar-refractivity contribution >= 4 is 5.91 Å². The van der Waals surface area contributed by atoms with Crippen LogP contribution in [0.2, 0.25) is 0 Å². The third-order valence-corrected chi connectivity index (χ3v) is 7.35. The van der Waals surface area contributed by atoms with Crippen molar-refractivity contribution in [3.8, 4) is 0 Å². The highest BCUT2D eigenvalue weighted by molar-refractivity contribution is 5.79. The Morgan fingerprint density at radius 2 is 1.81 bits per heavy atom. The van der Waals surface area contributed by atoms with E-state index in [4.69, 9.17) is 15.2 Å². The van der Waals surface area contributed by atoms with Gasteiger partial charge in [0.15, 0.2) is 6.29 Å². The minimum absolute atomic E-state index is 0.245. The van der Waals surface area contributed by atoms with E-state index in [1.165, 1.54) is 12.8 Å². The van der Waals surface area contributed by atoms with Gasteiger partial charge in [-0.05, 0) is 51.4 Å². The van der Waals surface area contributed by atoms with Gasteiger partial charge < -0.3 is 35.8 Å². The number of nitrogens with two attached hydrogens (primary N) is 1. The van der Waals surface area contributed by atoms with Crippen LogP contribution < -0.4 is 11.1 Å². The van der Waals surface area contributed by atoms with Crippen molar-refractivity contribution in [2.75, 3.05) is 6.54 Å². The van der Waals surface area contributed by atoms with Gasteiger partial charge in [0.1, 0.15) is 6.10 Å². The molecule has 8 heteroatoms. The Morgan fingerprint density at radius 3 is 2.47 bits per heavy atom. The summed E-state index contributed by atoms with van der Waals surface area (Å²) in [4.78, 5) is 13.1. The quantitative estimate of drug-likeness (QED) is 0.433. The third kappa shape index (κ3) is 7.64. The van der Waals surface area contributed by atoms with E-state index in [-0.39, 0.29) is 5.91 Å². The summed E-state index contributed by atoms with van der Waals surface area (Å²) >= 11 is 0. The first-order valence-corrected chi connectivity index (χ1v) is 12.5. The van der Waals surface area contributed by atoms with Gasteiger partial charge in [0.05, 0.1) is 36.4 Å². The summed E-state index contributed by atoms with van der Waals surface area (Å²) in [6.07, 6.45) is 2.59. The van der Waals surface area contributed by atoms with Gasteiger partial charge in [0, 0.05) is 6.54 Å². The van der Waals surface area contributed by atoms with Gasteiger partial charge in [-0.15, -0.1) is 0 Å². The van der Waals surface area contributed by atoms with Gasteiger partial charge in [-0.3, -0.25) is 4.79 Å². The smallest absolute Gasteiger partial charge is 0.228 e. The first kappa shape index (κ1) is 27.5. The van der Waals surface area contributed by atoms with E-state index in [9.17, 15) is 20.1 Å². The Bertz CT molecular complexity index is 563. The molecule has 2 heterocycles. The van der Waals surface area contributed by atoms with Crippen molar-refractivity contribution in [3.63, 3.8) is 0 Å². The highest BCUT2D eigenvalue weighted by Crippen LogP contribution is 2.29. The molecule has 2 aliphatic rings. The highest BCUT2D eigenvalue weighted by atomic mass is 16.7. The van der Waals surface area contributed by atoms with Crippen molar-refractivity contribution in [3.05, 3.63) is 0 Å². The average Bonchev–Trinajstić information content (AvgIpc) is 2.74. The van der Waals surface area contributed by atoms with Crippen LogP contribution >= 0.6 is 0 Å². The Balaban J connectivity index is 2.17. The van der Waals surface area contributed by atoms with Crippen molar-refractivity contribution in [1.82, 2.24) is 5.32 Å². The summed E-state index contributed by atoms with van der Waals surface area (Å²) in [5.41, 5.74) is 5.96. The molecule has 0 spiro atoms. The maximum atomic E-state index is 13.1. The molecule has 0 bridgehead atoms. The van der Waals surface area contributed by atoms with Crippen LogP contribution in [0.3, 0.4) is 0 Å². The largest absolute Gasteiger partial charge is 0.392 e. The predicted octanol–water partition coefficient (Wildman–Crippen LogP) is 1.69. The molecule has 8 nitrogen and oxygen atoms in total. The fraction of sp³-hybridized carbons (Fsp3) is 0.958. The van der Waals surface area contributed by atoms with Crippen molar-refractivity contribution < 1.29 is 29.6 Å². The van der Waals surface area contributed by atoms with E-state index in [1.807, 2.05) is 0 Å². The molecule has 0 radical (unpaired) electrons. The number of hydrogen-bond acceptors (Lipinski definition) is 7. The van der Waals surface area contributed by atoms with Crippen LogP contribution in [0.4, 0.5) is 0 Å². The lowest BCUT2D eigenvalue weighted by Crippen LogP contribution is -2.62. The zero-order chi connectivity index (χ0) is 23.8. The second-order valence-electron chi connectivity index (χ2n) is 10.0. The lowest BCUT2D eigenvalue weighted by molar-refractivity contribution is -0.287. The number of rotatable bonds is 4. The van der Waals surface area contributed by atoms with Gasteiger partial charge >= 0.3 is 0 Å². The molecule has 0 aromatic rings. The van der Waals surface area contributed by atoms with Crippen LogP contribution in [0.1, 0.15) is 79.1 Å². The van der Waals surface area contributed by atoms with E-state index in [0.717, 1.165) is 32.1 Å². The molecule has 0 aromatic heterocycles. The summed E-state index contributed by atoms with van der Waals surface area (Å²) in [5, 5.41) is 34.1. The fourth-order valence-electron chi connectivity index (χ4n) is 5.01.